The fourth-order valence-electron chi connectivity index (χ4n) is 3.55. The first kappa shape index (κ1) is 22.2. The molecule has 1 saturated heterocycles. The van der Waals surface area contributed by atoms with Crippen molar-refractivity contribution in [3.63, 3.8) is 0 Å². The van der Waals surface area contributed by atoms with E-state index in [2.05, 4.69) is 5.32 Å². The Morgan fingerprint density at radius 2 is 1.90 bits per heavy atom. The van der Waals surface area contributed by atoms with Crippen LogP contribution in [-0.2, 0) is 11.3 Å². The maximum Gasteiger partial charge on any atom is 0.411 e. The van der Waals surface area contributed by atoms with Crippen LogP contribution in [0.1, 0.15) is 39.9 Å². The molecule has 2 amide bonds. The summed E-state index contributed by atoms with van der Waals surface area (Å²) >= 11 is 0. The number of ether oxygens (including phenoxy) is 1. The number of rotatable bonds is 6. The molecular formula is C22H25N3O6. The lowest BCUT2D eigenvalue weighted by molar-refractivity contribution is -0.384. The Hall–Kier alpha value is -3.46. The van der Waals surface area contributed by atoms with Gasteiger partial charge in [0.25, 0.3) is 11.6 Å². The van der Waals surface area contributed by atoms with E-state index >= 15 is 0 Å². The van der Waals surface area contributed by atoms with E-state index in [-0.39, 0.29) is 30.9 Å². The van der Waals surface area contributed by atoms with E-state index in [1.165, 1.54) is 24.3 Å². The van der Waals surface area contributed by atoms with E-state index in [1.807, 2.05) is 13.8 Å². The molecular weight excluding hydrogens is 402 g/mol. The van der Waals surface area contributed by atoms with Crippen molar-refractivity contribution >= 4 is 23.4 Å². The molecule has 164 valence electrons. The Balaban J connectivity index is 1.72. The lowest BCUT2D eigenvalue weighted by Crippen LogP contribution is -2.38. The highest BCUT2D eigenvalue weighted by Gasteiger charge is 2.30. The Bertz CT molecular complexity index is 989. The van der Waals surface area contributed by atoms with Crippen molar-refractivity contribution in [3.8, 4) is 0 Å². The molecule has 31 heavy (non-hydrogen) atoms. The lowest BCUT2D eigenvalue weighted by atomic mass is 10.0. The zero-order valence-electron chi connectivity index (χ0n) is 17.5. The van der Waals surface area contributed by atoms with Crippen LogP contribution in [0.2, 0.25) is 0 Å². The van der Waals surface area contributed by atoms with Crippen molar-refractivity contribution in [3.05, 3.63) is 68.8 Å². The summed E-state index contributed by atoms with van der Waals surface area (Å²) in [6, 6.07) is 8.93. The number of nitro groups is 1. The zero-order valence-corrected chi connectivity index (χ0v) is 17.5. The van der Waals surface area contributed by atoms with Crippen LogP contribution in [0.3, 0.4) is 0 Å². The molecule has 3 rings (SSSR count). The summed E-state index contributed by atoms with van der Waals surface area (Å²) in [5.41, 5.74) is 3.05. The van der Waals surface area contributed by atoms with Gasteiger partial charge >= 0.3 is 6.09 Å². The SMILES string of the molecule is Cc1cc(NC(=O)OCc2ccc([N+](=O)[O-])cc2)c(C(=O)N2CCC[C@H]2CO)cc1C. The number of likely N-dealkylation sites (tertiary alicyclic amines) is 1. The summed E-state index contributed by atoms with van der Waals surface area (Å²) in [7, 11) is 0. The van der Waals surface area contributed by atoms with Crippen LogP contribution in [0.4, 0.5) is 16.2 Å². The van der Waals surface area contributed by atoms with Gasteiger partial charge in [0.1, 0.15) is 6.61 Å². The van der Waals surface area contributed by atoms with Gasteiger partial charge in [-0.05, 0) is 67.6 Å². The molecule has 1 atom stereocenters. The van der Waals surface area contributed by atoms with Crippen molar-refractivity contribution < 1.29 is 24.4 Å². The van der Waals surface area contributed by atoms with E-state index < -0.39 is 11.0 Å². The Kier molecular flexibility index (Phi) is 6.86. The van der Waals surface area contributed by atoms with E-state index in [0.717, 1.165) is 24.0 Å². The molecule has 0 aliphatic carbocycles. The van der Waals surface area contributed by atoms with Gasteiger partial charge in [-0.1, -0.05) is 0 Å². The van der Waals surface area contributed by atoms with Gasteiger partial charge in [0.05, 0.1) is 28.8 Å². The molecule has 1 heterocycles. The number of hydrogen-bond donors (Lipinski definition) is 2. The maximum absolute atomic E-state index is 13.1. The normalized spacial score (nSPS) is 15.6. The summed E-state index contributed by atoms with van der Waals surface area (Å²) < 4.78 is 5.22. The second-order valence-corrected chi connectivity index (χ2v) is 7.58. The summed E-state index contributed by atoms with van der Waals surface area (Å²) in [6.07, 6.45) is 0.824. The minimum Gasteiger partial charge on any atom is -0.444 e. The topological polar surface area (TPSA) is 122 Å². The van der Waals surface area contributed by atoms with Crippen molar-refractivity contribution in [2.75, 3.05) is 18.5 Å². The molecule has 1 aliphatic rings. The van der Waals surface area contributed by atoms with Gasteiger partial charge in [0, 0.05) is 18.7 Å². The van der Waals surface area contributed by atoms with Crippen LogP contribution in [0.5, 0.6) is 0 Å². The molecule has 2 N–H and O–H groups in total. The number of hydrogen-bond acceptors (Lipinski definition) is 6. The first-order valence-electron chi connectivity index (χ1n) is 10.0. The fraction of sp³-hybridized carbons (Fsp3) is 0.364. The molecule has 1 fully saturated rings. The molecule has 0 unspecified atom stereocenters. The van der Waals surface area contributed by atoms with Crippen LogP contribution in [0.15, 0.2) is 36.4 Å². The molecule has 0 radical (unpaired) electrons. The summed E-state index contributed by atoms with van der Waals surface area (Å²) in [4.78, 5) is 37.3. The van der Waals surface area contributed by atoms with Gasteiger partial charge in [0.15, 0.2) is 0 Å². The van der Waals surface area contributed by atoms with Crippen LogP contribution < -0.4 is 5.32 Å². The lowest BCUT2D eigenvalue weighted by Gasteiger charge is -2.24. The Morgan fingerprint density at radius 1 is 1.23 bits per heavy atom. The number of nitrogens with one attached hydrogen (secondary N) is 1. The van der Waals surface area contributed by atoms with E-state index in [0.29, 0.717) is 23.4 Å². The van der Waals surface area contributed by atoms with Gasteiger partial charge < -0.3 is 14.7 Å². The first-order valence-corrected chi connectivity index (χ1v) is 10.0. The Morgan fingerprint density at radius 3 is 2.55 bits per heavy atom. The van der Waals surface area contributed by atoms with Crippen molar-refractivity contribution in [2.45, 2.75) is 39.3 Å². The average molecular weight is 427 g/mol. The van der Waals surface area contributed by atoms with Crippen molar-refractivity contribution in [1.82, 2.24) is 4.90 Å². The first-order chi connectivity index (χ1) is 14.8. The van der Waals surface area contributed by atoms with Gasteiger partial charge in [0.2, 0.25) is 0 Å². The number of aliphatic hydroxyl groups excluding tert-OH is 1. The molecule has 0 aromatic heterocycles. The van der Waals surface area contributed by atoms with E-state index in [9.17, 15) is 24.8 Å². The molecule has 0 saturated carbocycles. The molecule has 1 aliphatic heterocycles. The number of aryl methyl sites for hydroxylation is 2. The molecule has 2 aromatic carbocycles. The Labute approximate surface area is 179 Å². The van der Waals surface area contributed by atoms with Crippen LogP contribution >= 0.6 is 0 Å². The number of benzene rings is 2. The maximum atomic E-state index is 13.1. The second-order valence-electron chi connectivity index (χ2n) is 7.58. The molecule has 0 spiro atoms. The minimum atomic E-state index is -0.740. The number of amides is 2. The van der Waals surface area contributed by atoms with Gasteiger partial charge in [-0.25, -0.2) is 4.79 Å². The second kappa shape index (κ2) is 9.57. The van der Waals surface area contributed by atoms with Crippen LogP contribution in [0.25, 0.3) is 0 Å². The molecule has 2 aromatic rings. The third-order valence-corrected chi connectivity index (χ3v) is 5.47. The van der Waals surface area contributed by atoms with Gasteiger partial charge in [-0.15, -0.1) is 0 Å². The number of anilines is 1. The third-order valence-electron chi connectivity index (χ3n) is 5.47. The van der Waals surface area contributed by atoms with E-state index in [4.69, 9.17) is 4.74 Å². The highest BCUT2D eigenvalue weighted by Crippen LogP contribution is 2.27. The average Bonchev–Trinajstić information content (AvgIpc) is 3.23. The van der Waals surface area contributed by atoms with Crippen molar-refractivity contribution in [2.24, 2.45) is 0 Å². The largest absolute Gasteiger partial charge is 0.444 e. The predicted molar refractivity (Wildman–Crippen MR) is 114 cm³/mol. The molecule has 9 heteroatoms. The summed E-state index contributed by atoms with van der Waals surface area (Å²) in [5.74, 6) is -0.245. The van der Waals surface area contributed by atoms with Crippen molar-refractivity contribution in [1.29, 1.82) is 0 Å². The highest BCUT2D eigenvalue weighted by molar-refractivity contribution is 6.03. The number of nitrogens with zero attached hydrogens (tertiary/aromatic N) is 2. The smallest absolute Gasteiger partial charge is 0.411 e. The van der Waals surface area contributed by atoms with Crippen LogP contribution in [0, 0.1) is 24.0 Å². The number of aliphatic hydroxyl groups is 1. The third kappa shape index (κ3) is 5.18. The van der Waals surface area contributed by atoms with Gasteiger partial charge in [-0.2, -0.15) is 0 Å². The highest BCUT2D eigenvalue weighted by atomic mass is 16.6. The fourth-order valence-corrected chi connectivity index (χ4v) is 3.55. The van der Waals surface area contributed by atoms with Crippen LogP contribution in [-0.4, -0.2) is 46.1 Å². The predicted octanol–water partition coefficient (Wildman–Crippen LogP) is 3.56. The molecule has 0 bridgehead atoms. The van der Waals surface area contributed by atoms with E-state index in [1.54, 1.807) is 17.0 Å². The number of carbonyl (C=O) groups excluding carboxylic acids is 2. The quantitative estimate of drug-likeness (QED) is 0.537. The summed E-state index contributed by atoms with van der Waals surface area (Å²) in [6.45, 7) is 4.15. The number of carbonyl (C=O) groups is 2. The number of non-ortho nitro benzene ring substituents is 1. The standard InChI is InChI=1S/C22H25N3O6/c1-14-10-19(21(27)24-9-3-4-18(24)12-26)20(11-15(14)2)23-22(28)31-13-16-5-7-17(8-6-16)25(29)30/h5-8,10-11,18,26H,3-4,9,12-13H2,1-2H3,(H,23,28)/t18-/m0/s1. The zero-order chi connectivity index (χ0) is 22.5. The van der Waals surface area contributed by atoms with Gasteiger partial charge in [-0.3, -0.25) is 20.2 Å². The number of nitro benzene ring substituents is 1. The monoisotopic (exact) mass is 427 g/mol. The summed E-state index contributed by atoms with van der Waals surface area (Å²) in [5, 5.41) is 22.9. The molecule has 9 nitrogen and oxygen atoms in total. The minimum absolute atomic E-state index is 0.0467.